The highest BCUT2D eigenvalue weighted by atomic mass is 14.2. The molecule has 0 fully saturated rings. The minimum atomic E-state index is 1.30. The Morgan fingerprint density at radius 3 is 2.27 bits per heavy atom. The molecule has 0 spiro atoms. The molecule has 0 heterocycles. The van der Waals surface area contributed by atoms with Gasteiger partial charge in [-0.3, -0.25) is 0 Å². The zero-order valence-electron chi connectivity index (χ0n) is 7.32. The van der Waals surface area contributed by atoms with Gasteiger partial charge in [-0.1, -0.05) is 22.8 Å². The van der Waals surface area contributed by atoms with Gasteiger partial charge in [-0.15, -0.1) is 0 Å². The number of hydrogen-bond acceptors (Lipinski definition) is 0. The van der Waals surface area contributed by atoms with Crippen LogP contribution in [0.25, 0.3) is 0 Å². The van der Waals surface area contributed by atoms with Crippen molar-refractivity contribution in [3.63, 3.8) is 0 Å². The third kappa shape index (κ3) is 1.40. The molecule has 0 heteroatoms. The Bertz CT molecular complexity index is 218. The van der Waals surface area contributed by atoms with Crippen LogP contribution in [0, 0.1) is 0 Å². The molecule has 0 N–H and O–H groups in total. The summed E-state index contributed by atoms with van der Waals surface area (Å²) in [6, 6.07) is 0. The highest BCUT2D eigenvalue weighted by Gasteiger charge is 2.16. The fourth-order valence-electron chi connectivity index (χ4n) is 2.03. The second-order valence-corrected chi connectivity index (χ2v) is 3.80. The average Bonchev–Trinajstić information content (AvgIpc) is 1.94. The number of hydrogen-bond donors (Lipinski definition) is 0. The summed E-state index contributed by atoms with van der Waals surface area (Å²) in [6.07, 6.45) is 10.6. The molecule has 0 unspecified atom stereocenters. The highest BCUT2D eigenvalue weighted by Crippen LogP contribution is 2.36. The molecule has 0 aromatic carbocycles. The quantitative estimate of drug-likeness (QED) is 0.460. The van der Waals surface area contributed by atoms with Crippen LogP contribution in [0.1, 0.15) is 45.4 Å². The van der Waals surface area contributed by atoms with Crippen molar-refractivity contribution >= 4 is 0 Å². The van der Waals surface area contributed by atoms with E-state index in [4.69, 9.17) is 0 Å². The van der Waals surface area contributed by atoms with Crippen molar-refractivity contribution in [2.75, 3.05) is 0 Å². The van der Waals surface area contributed by atoms with Crippen LogP contribution in [0.2, 0.25) is 0 Å². The van der Waals surface area contributed by atoms with Crippen LogP contribution >= 0.6 is 0 Å². The maximum Gasteiger partial charge on any atom is -0.0280 e. The molecule has 11 heavy (non-hydrogen) atoms. The molecule has 0 bridgehead atoms. The first-order valence-electron chi connectivity index (χ1n) is 4.71. The molecule has 0 aromatic rings. The van der Waals surface area contributed by atoms with Gasteiger partial charge < -0.3 is 0 Å². The van der Waals surface area contributed by atoms with E-state index in [1.807, 2.05) is 0 Å². The summed E-state index contributed by atoms with van der Waals surface area (Å²) in [5.74, 6) is 0. The number of allylic oxidation sites excluding steroid dienone is 4. The molecule has 0 atom stereocenters. The summed E-state index contributed by atoms with van der Waals surface area (Å²) < 4.78 is 0. The lowest BCUT2D eigenvalue weighted by molar-refractivity contribution is 0.668. The molecule has 0 aliphatic heterocycles. The maximum absolute atomic E-state index is 2.42. The Hall–Kier alpha value is -0.520. The minimum absolute atomic E-state index is 1.30. The predicted octanol–water partition coefficient (Wildman–Crippen LogP) is 3.60. The van der Waals surface area contributed by atoms with Crippen molar-refractivity contribution in [3.8, 4) is 0 Å². The van der Waals surface area contributed by atoms with Gasteiger partial charge in [0.25, 0.3) is 0 Å². The first kappa shape index (κ1) is 7.15. The highest BCUT2D eigenvalue weighted by molar-refractivity contribution is 5.27. The van der Waals surface area contributed by atoms with Crippen molar-refractivity contribution in [3.05, 3.63) is 22.8 Å². The van der Waals surface area contributed by atoms with Crippen molar-refractivity contribution in [2.45, 2.75) is 45.4 Å². The predicted molar refractivity (Wildman–Crippen MR) is 48.5 cm³/mol. The van der Waals surface area contributed by atoms with Gasteiger partial charge in [-0.05, 0) is 45.4 Å². The zero-order chi connectivity index (χ0) is 7.68. The van der Waals surface area contributed by atoms with Crippen LogP contribution in [0.15, 0.2) is 22.8 Å². The molecule has 2 rings (SSSR count). The molecule has 0 amide bonds. The molecule has 0 aromatic heterocycles. The summed E-state index contributed by atoms with van der Waals surface area (Å²) in [6.45, 7) is 2.27. The summed E-state index contributed by atoms with van der Waals surface area (Å²) >= 11 is 0. The van der Waals surface area contributed by atoms with Crippen molar-refractivity contribution in [1.82, 2.24) is 0 Å². The molecule has 0 saturated carbocycles. The van der Waals surface area contributed by atoms with Gasteiger partial charge in [0.15, 0.2) is 0 Å². The van der Waals surface area contributed by atoms with Crippen LogP contribution in [-0.4, -0.2) is 0 Å². The van der Waals surface area contributed by atoms with E-state index >= 15 is 0 Å². The fraction of sp³-hybridized carbons (Fsp3) is 0.636. The standard InChI is InChI=1S/C11H16/c1-9-3-2-4-10-7-8-11(10)6-5-9/h3H,2,4-8H2,1H3. The first-order valence-corrected chi connectivity index (χ1v) is 4.71. The second-order valence-electron chi connectivity index (χ2n) is 3.80. The minimum Gasteiger partial charge on any atom is -0.0853 e. The first-order chi connectivity index (χ1) is 5.36. The van der Waals surface area contributed by atoms with E-state index in [2.05, 4.69) is 13.0 Å². The largest absolute Gasteiger partial charge is 0.0853 e. The Labute approximate surface area is 69.0 Å². The summed E-state index contributed by atoms with van der Waals surface area (Å²) in [4.78, 5) is 0. The topological polar surface area (TPSA) is 0 Å². The number of rotatable bonds is 0. The third-order valence-electron chi connectivity index (χ3n) is 2.99. The molecule has 0 radical (unpaired) electrons. The zero-order valence-corrected chi connectivity index (χ0v) is 7.32. The van der Waals surface area contributed by atoms with E-state index in [9.17, 15) is 0 Å². The lowest BCUT2D eigenvalue weighted by Crippen LogP contribution is -2.06. The summed E-state index contributed by atoms with van der Waals surface area (Å²) in [5.41, 5.74) is 5.18. The fourth-order valence-corrected chi connectivity index (χ4v) is 2.03. The molecule has 0 saturated heterocycles. The van der Waals surface area contributed by atoms with Crippen LogP contribution < -0.4 is 0 Å². The summed E-state index contributed by atoms with van der Waals surface area (Å²) in [5, 5.41) is 0. The van der Waals surface area contributed by atoms with E-state index in [0.29, 0.717) is 0 Å². The van der Waals surface area contributed by atoms with E-state index in [1.54, 1.807) is 16.7 Å². The van der Waals surface area contributed by atoms with E-state index in [0.717, 1.165) is 0 Å². The van der Waals surface area contributed by atoms with Crippen molar-refractivity contribution in [1.29, 1.82) is 0 Å². The summed E-state index contributed by atoms with van der Waals surface area (Å²) in [7, 11) is 0. The van der Waals surface area contributed by atoms with E-state index < -0.39 is 0 Å². The molecular weight excluding hydrogens is 132 g/mol. The molecule has 2 aliphatic carbocycles. The smallest absolute Gasteiger partial charge is 0.0280 e. The van der Waals surface area contributed by atoms with Crippen LogP contribution in [0.3, 0.4) is 0 Å². The van der Waals surface area contributed by atoms with E-state index in [1.165, 1.54) is 38.5 Å². The SMILES string of the molecule is CC1=CCCC2=C(CC1)CC2. The third-order valence-corrected chi connectivity index (χ3v) is 2.99. The van der Waals surface area contributed by atoms with Gasteiger partial charge in [0.2, 0.25) is 0 Å². The van der Waals surface area contributed by atoms with Crippen LogP contribution in [0.4, 0.5) is 0 Å². The normalized spacial score (nSPS) is 24.6. The van der Waals surface area contributed by atoms with Gasteiger partial charge in [0.1, 0.15) is 0 Å². The van der Waals surface area contributed by atoms with Gasteiger partial charge in [-0.25, -0.2) is 0 Å². The van der Waals surface area contributed by atoms with Gasteiger partial charge in [0.05, 0.1) is 0 Å². The molecule has 0 nitrogen and oxygen atoms in total. The second kappa shape index (κ2) is 2.84. The van der Waals surface area contributed by atoms with E-state index in [-0.39, 0.29) is 0 Å². The Balaban J connectivity index is 2.06. The van der Waals surface area contributed by atoms with Gasteiger partial charge in [-0.2, -0.15) is 0 Å². The Morgan fingerprint density at radius 1 is 0.909 bits per heavy atom. The monoisotopic (exact) mass is 148 g/mol. The average molecular weight is 148 g/mol. The van der Waals surface area contributed by atoms with Crippen LogP contribution in [0.5, 0.6) is 0 Å². The Kier molecular flexibility index (Phi) is 1.85. The van der Waals surface area contributed by atoms with Gasteiger partial charge >= 0.3 is 0 Å². The molecule has 2 aliphatic rings. The van der Waals surface area contributed by atoms with Crippen LogP contribution in [-0.2, 0) is 0 Å². The lowest BCUT2D eigenvalue weighted by atomic mass is 9.81. The maximum atomic E-state index is 2.42. The van der Waals surface area contributed by atoms with Gasteiger partial charge in [0, 0.05) is 0 Å². The van der Waals surface area contributed by atoms with Crippen molar-refractivity contribution < 1.29 is 0 Å². The molecule has 60 valence electrons. The lowest BCUT2D eigenvalue weighted by Gasteiger charge is -2.25. The molecular formula is C11H16. The Morgan fingerprint density at radius 2 is 1.55 bits per heavy atom. The van der Waals surface area contributed by atoms with Crippen molar-refractivity contribution in [2.24, 2.45) is 0 Å².